The Bertz CT molecular complexity index is 515. The molecule has 0 amide bonds. The van der Waals surface area contributed by atoms with Gasteiger partial charge in [-0.2, -0.15) is 0 Å². The summed E-state index contributed by atoms with van der Waals surface area (Å²) in [6.07, 6.45) is 3.04. The summed E-state index contributed by atoms with van der Waals surface area (Å²) < 4.78 is 0. The van der Waals surface area contributed by atoms with Crippen LogP contribution in [0.1, 0.15) is 4.88 Å². The summed E-state index contributed by atoms with van der Waals surface area (Å²) in [6.45, 7) is 5.53. The summed E-state index contributed by atoms with van der Waals surface area (Å²) in [5.74, 6) is 0.586. The van der Waals surface area contributed by atoms with Crippen molar-refractivity contribution >= 4 is 22.8 Å². The van der Waals surface area contributed by atoms with Crippen LogP contribution in [0.4, 0.5) is 11.5 Å². The van der Waals surface area contributed by atoms with Crippen molar-refractivity contribution in [1.82, 2.24) is 9.88 Å². The number of nitrogens with zero attached hydrogens (tertiary/aromatic N) is 3. The second-order valence-corrected chi connectivity index (χ2v) is 6.13. The average molecular weight is 288 g/mol. The van der Waals surface area contributed by atoms with Crippen LogP contribution < -0.4 is 10.6 Å². The highest BCUT2D eigenvalue weighted by molar-refractivity contribution is 7.09. The Labute approximate surface area is 123 Å². The second kappa shape index (κ2) is 6.24. The first-order chi connectivity index (χ1) is 9.81. The molecule has 0 radical (unpaired) electrons. The number of nitrogens with two attached hydrogens (primary N) is 1. The highest BCUT2D eigenvalue weighted by Gasteiger charge is 2.17. The SMILES string of the molecule is Nc1ccc(N2CCN(CCc3cccs3)CC2)cn1. The van der Waals surface area contributed by atoms with Gasteiger partial charge in [0.25, 0.3) is 0 Å². The first-order valence-electron chi connectivity index (χ1n) is 7.02. The first kappa shape index (κ1) is 13.4. The van der Waals surface area contributed by atoms with Gasteiger partial charge < -0.3 is 10.6 Å². The first-order valence-corrected chi connectivity index (χ1v) is 7.90. The van der Waals surface area contributed by atoms with Crippen LogP contribution >= 0.6 is 11.3 Å². The third-order valence-corrected chi connectivity index (χ3v) is 4.70. The van der Waals surface area contributed by atoms with E-state index in [4.69, 9.17) is 5.73 Å². The van der Waals surface area contributed by atoms with E-state index in [1.807, 2.05) is 23.6 Å². The van der Waals surface area contributed by atoms with E-state index in [1.54, 1.807) is 0 Å². The Kier molecular flexibility index (Phi) is 4.18. The predicted molar refractivity (Wildman–Crippen MR) is 85.3 cm³/mol. The second-order valence-electron chi connectivity index (χ2n) is 5.10. The maximum absolute atomic E-state index is 5.63. The Hall–Kier alpha value is -1.59. The number of piperazine rings is 1. The van der Waals surface area contributed by atoms with E-state index in [9.17, 15) is 0 Å². The lowest BCUT2D eigenvalue weighted by Gasteiger charge is -2.35. The Morgan fingerprint density at radius 3 is 2.65 bits per heavy atom. The van der Waals surface area contributed by atoms with Crippen LogP contribution in [-0.4, -0.2) is 42.6 Å². The number of thiophene rings is 1. The molecule has 0 atom stereocenters. The molecule has 2 aromatic heterocycles. The molecule has 3 rings (SSSR count). The van der Waals surface area contributed by atoms with Gasteiger partial charge in [-0.15, -0.1) is 11.3 Å². The molecule has 0 bridgehead atoms. The van der Waals surface area contributed by atoms with Gasteiger partial charge in [0.05, 0.1) is 11.9 Å². The van der Waals surface area contributed by atoms with E-state index < -0.39 is 0 Å². The fourth-order valence-electron chi connectivity index (χ4n) is 2.54. The van der Waals surface area contributed by atoms with Gasteiger partial charge in [-0.3, -0.25) is 4.90 Å². The molecule has 0 aliphatic carbocycles. The van der Waals surface area contributed by atoms with Crippen LogP contribution in [0.5, 0.6) is 0 Å². The molecule has 1 aliphatic heterocycles. The zero-order valence-corrected chi connectivity index (χ0v) is 12.4. The molecule has 5 heteroatoms. The summed E-state index contributed by atoms with van der Waals surface area (Å²) in [4.78, 5) is 10.6. The van der Waals surface area contributed by atoms with Gasteiger partial charge >= 0.3 is 0 Å². The quantitative estimate of drug-likeness (QED) is 0.936. The van der Waals surface area contributed by atoms with E-state index in [0.717, 1.165) is 32.7 Å². The van der Waals surface area contributed by atoms with Gasteiger partial charge in [0.1, 0.15) is 5.82 Å². The number of hydrogen-bond acceptors (Lipinski definition) is 5. The summed E-state index contributed by atoms with van der Waals surface area (Å²) in [6, 6.07) is 8.29. The number of aromatic nitrogens is 1. The molecular formula is C15H20N4S. The molecule has 3 heterocycles. The molecule has 2 N–H and O–H groups in total. The van der Waals surface area contributed by atoms with Crippen LogP contribution in [-0.2, 0) is 6.42 Å². The minimum Gasteiger partial charge on any atom is -0.384 e. The van der Waals surface area contributed by atoms with E-state index in [2.05, 4.69) is 38.4 Å². The fourth-order valence-corrected chi connectivity index (χ4v) is 3.24. The molecule has 20 heavy (non-hydrogen) atoms. The highest BCUT2D eigenvalue weighted by atomic mass is 32.1. The molecule has 106 valence electrons. The lowest BCUT2D eigenvalue weighted by molar-refractivity contribution is 0.261. The largest absolute Gasteiger partial charge is 0.384 e. The number of nitrogen functional groups attached to an aromatic ring is 1. The lowest BCUT2D eigenvalue weighted by Crippen LogP contribution is -2.47. The number of pyridine rings is 1. The highest BCUT2D eigenvalue weighted by Crippen LogP contribution is 2.17. The minimum absolute atomic E-state index is 0.586. The third-order valence-electron chi connectivity index (χ3n) is 3.76. The molecule has 4 nitrogen and oxygen atoms in total. The lowest BCUT2D eigenvalue weighted by atomic mass is 10.2. The van der Waals surface area contributed by atoms with Crippen molar-refractivity contribution in [3.8, 4) is 0 Å². The van der Waals surface area contributed by atoms with E-state index in [0.29, 0.717) is 5.82 Å². The van der Waals surface area contributed by atoms with Gasteiger partial charge in [-0.25, -0.2) is 4.98 Å². The van der Waals surface area contributed by atoms with Crippen molar-refractivity contribution in [3.63, 3.8) is 0 Å². The zero-order valence-electron chi connectivity index (χ0n) is 11.5. The van der Waals surface area contributed by atoms with Gasteiger partial charge in [0.15, 0.2) is 0 Å². The van der Waals surface area contributed by atoms with Gasteiger partial charge in [0, 0.05) is 37.6 Å². The van der Waals surface area contributed by atoms with Crippen LogP contribution in [0.15, 0.2) is 35.8 Å². The van der Waals surface area contributed by atoms with Crippen molar-refractivity contribution in [2.45, 2.75) is 6.42 Å². The van der Waals surface area contributed by atoms with Crippen LogP contribution in [0, 0.1) is 0 Å². The molecule has 0 saturated carbocycles. The molecule has 1 aliphatic rings. The average Bonchev–Trinajstić information content (AvgIpc) is 3.00. The van der Waals surface area contributed by atoms with E-state index >= 15 is 0 Å². The molecular weight excluding hydrogens is 268 g/mol. The van der Waals surface area contributed by atoms with Crippen molar-refractivity contribution < 1.29 is 0 Å². The summed E-state index contributed by atoms with van der Waals surface area (Å²) in [5, 5.41) is 2.15. The minimum atomic E-state index is 0.586. The van der Waals surface area contributed by atoms with Crippen LogP contribution in [0.3, 0.4) is 0 Å². The molecule has 0 unspecified atom stereocenters. The van der Waals surface area contributed by atoms with E-state index in [-0.39, 0.29) is 0 Å². The summed E-state index contributed by atoms with van der Waals surface area (Å²) in [5.41, 5.74) is 6.81. The molecule has 2 aromatic rings. The molecule has 0 spiro atoms. The Morgan fingerprint density at radius 1 is 1.15 bits per heavy atom. The van der Waals surface area contributed by atoms with Crippen LogP contribution in [0.25, 0.3) is 0 Å². The van der Waals surface area contributed by atoms with Crippen molar-refractivity contribution in [2.24, 2.45) is 0 Å². The topological polar surface area (TPSA) is 45.4 Å². The van der Waals surface area contributed by atoms with Crippen molar-refractivity contribution in [1.29, 1.82) is 0 Å². The van der Waals surface area contributed by atoms with Gasteiger partial charge in [0.2, 0.25) is 0 Å². The number of rotatable bonds is 4. The summed E-state index contributed by atoms with van der Waals surface area (Å²) >= 11 is 1.85. The Balaban J connectivity index is 1.48. The predicted octanol–water partition coefficient (Wildman–Crippen LogP) is 2.09. The zero-order chi connectivity index (χ0) is 13.8. The van der Waals surface area contributed by atoms with Crippen molar-refractivity contribution in [2.75, 3.05) is 43.4 Å². The molecule has 0 aromatic carbocycles. The van der Waals surface area contributed by atoms with Gasteiger partial charge in [-0.05, 0) is 30.0 Å². The van der Waals surface area contributed by atoms with Gasteiger partial charge in [-0.1, -0.05) is 6.07 Å². The number of anilines is 2. The monoisotopic (exact) mass is 288 g/mol. The standard InChI is InChI=1S/C15H20N4S/c16-15-4-3-13(12-17-15)19-9-7-18(8-10-19)6-5-14-2-1-11-20-14/h1-4,11-12H,5-10H2,(H2,16,17). The van der Waals surface area contributed by atoms with Crippen molar-refractivity contribution in [3.05, 3.63) is 40.7 Å². The Morgan fingerprint density at radius 2 is 2.00 bits per heavy atom. The van der Waals surface area contributed by atoms with Crippen LogP contribution in [0.2, 0.25) is 0 Å². The molecule has 1 fully saturated rings. The maximum Gasteiger partial charge on any atom is 0.123 e. The fraction of sp³-hybridized carbons (Fsp3) is 0.400. The maximum atomic E-state index is 5.63. The number of hydrogen-bond donors (Lipinski definition) is 1. The normalized spacial score (nSPS) is 16.5. The molecule has 1 saturated heterocycles. The third kappa shape index (κ3) is 3.29. The summed E-state index contributed by atoms with van der Waals surface area (Å²) in [7, 11) is 0. The smallest absolute Gasteiger partial charge is 0.123 e. The van der Waals surface area contributed by atoms with E-state index in [1.165, 1.54) is 17.0 Å².